The first kappa shape index (κ1) is 34.0. The van der Waals surface area contributed by atoms with Gasteiger partial charge in [-0.3, -0.25) is 9.89 Å². The van der Waals surface area contributed by atoms with Gasteiger partial charge in [0.05, 0.1) is 29.2 Å². The molecule has 2 saturated carbocycles. The van der Waals surface area contributed by atoms with Crippen LogP contribution in [0.3, 0.4) is 0 Å². The molecule has 4 heterocycles. The van der Waals surface area contributed by atoms with Crippen molar-refractivity contribution in [3.05, 3.63) is 112 Å². The van der Waals surface area contributed by atoms with E-state index in [1.165, 1.54) is 6.07 Å². The summed E-state index contributed by atoms with van der Waals surface area (Å²) in [6.07, 6.45) is 6.67. The highest BCUT2D eigenvalue weighted by atomic mass is 35.5. The minimum absolute atomic E-state index is 0.0944. The molecular weight excluding hydrogens is 691 g/mol. The third kappa shape index (κ3) is 6.56. The van der Waals surface area contributed by atoms with Gasteiger partial charge in [-0.1, -0.05) is 37.6 Å². The molecule has 9 rings (SSSR count). The number of aromatic amines is 1. The predicted octanol–water partition coefficient (Wildman–Crippen LogP) is 9.68. The molecular formula is C42H42ClFN6O3. The number of hydrogen-bond donors (Lipinski definition) is 2. The van der Waals surface area contributed by atoms with E-state index in [1.54, 1.807) is 12.1 Å². The third-order valence-corrected chi connectivity index (χ3v) is 11.9. The van der Waals surface area contributed by atoms with Crippen LogP contribution in [-0.4, -0.2) is 43.4 Å². The Kier molecular flexibility index (Phi) is 8.70. The second-order valence-electron chi connectivity index (χ2n) is 15.4. The van der Waals surface area contributed by atoms with Gasteiger partial charge in [-0.25, -0.2) is 14.4 Å². The van der Waals surface area contributed by atoms with E-state index in [1.807, 2.05) is 42.5 Å². The number of amides is 1. The molecule has 3 aromatic carbocycles. The molecule has 6 aromatic rings. The summed E-state index contributed by atoms with van der Waals surface area (Å²) in [6.45, 7) is 5.90. The van der Waals surface area contributed by atoms with Gasteiger partial charge in [-0.15, -0.1) is 0 Å². The molecule has 0 bridgehead atoms. The van der Waals surface area contributed by atoms with E-state index in [9.17, 15) is 9.18 Å². The lowest BCUT2D eigenvalue weighted by Gasteiger charge is -2.30. The molecule has 2 atom stereocenters. The summed E-state index contributed by atoms with van der Waals surface area (Å²) in [5, 5.41) is 12.0. The molecule has 9 nitrogen and oxygen atoms in total. The van der Waals surface area contributed by atoms with Gasteiger partial charge in [0, 0.05) is 63.1 Å². The van der Waals surface area contributed by atoms with E-state index in [-0.39, 0.29) is 35.8 Å². The van der Waals surface area contributed by atoms with Crippen molar-refractivity contribution in [3.63, 3.8) is 0 Å². The maximum atomic E-state index is 14.3. The van der Waals surface area contributed by atoms with E-state index in [4.69, 9.17) is 31.0 Å². The number of H-pyrrole nitrogens is 1. The van der Waals surface area contributed by atoms with Crippen molar-refractivity contribution in [2.24, 2.45) is 5.41 Å². The summed E-state index contributed by atoms with van der Waals surface area (Å²) in [4.78, 5) is 23.5. The van der Waals surface area contributed by atoms with Gasteiger partial charge in [0.25, 0.3) is 5.91 Å². The largest absolute Gasteiger partial charge is 0.473 e. The van der Waals surface area contributed by atoms with Gasteiger partial charge in [0.15, 0.2) is 0 Å². The second kappa shape index (κ2) is 13.6. The van der Waals surface area contributed by atoms with E-state index < -0.39 is 0 Å². The summed E-state index contributed by atoms with van der Waals surface area (Å²) in [6, 6.07) is 22.2. The number of nitrogens with zero attached hydrogens (tertiary/aromatic N) is 4. The Morgan fingerprint density at radius 3 is 2.68 bits per heavy atom. The minimum Gasteiger partial charge on any atom is -0.473 e. The van der Waals surface area contributed by atoms with Crippen LogP contribution in [-0.2, 0) is 17.9 Å². The van der Waals surface area contributed by atoms with E-state index >= 15 is 0 Å². The number of hydrogen-bond acceptors (Lipinski definition) is 6. The molecule has 3 aliphatic rings. The normalized spacial score (nSPS) is 22.4. The van der Waals surface area contributed by atoms with Gasteiger partial charge < -0.3 is 19.4 Å². The van der Waals surface area contributed by atoms with Gasteiger partial charge in [0.1, 0.15) is 18.2 Å². The van der Waals surface area contributed by atoms with Gasteiger partial charge >= 0.3 is 0 Å². The molecule has 3 fully saturated rings. The fourth-order valence-corrected chi connectivity index (χ4v) is 8.57. The monoisotopic (exact) mass is 732 g/mol. The zero-order valence-electron chi connectivity index (χ0n) is 29.9. The molecule has 1 amide bonds. The first-order valence-corrected chi connectivity index (χ1v) is 19.1. The zero-order valence-corrected chi connectivity index (χ0v) is 30.6. The van der Waals surface area contributed by atoms with E-state index in [2.05, 4.69) is 46.1 Å². The van der Waals surface area contributed by atoms with Crippen LogP contribution in [0.4, 0.5) is 10.1 Å². The molecule has 1 saturated heterocycles. The average Bonchev–Trinajstić information content (AvgIpc) is 3.45. The average molecular weight is 733 g/mol. The first-order chi connectivity index (χ1) is 25.7. The quantitative estimate of drug-likeness (QED) is 0.145. The highest BCUT2D eigenvalue weighted by Crippen LogP contribution is 2.67. The number of rotatable bonds is 10. The standard InChI is InChI=1S/C42H42ClFN6O3/c1-24(2)39-31-18-26(7-10-35(31)48-49-39)41(51)45-29-9-11-37-36(20-29)47-40(50(37)22-30-14-17-52-30)32-21-42(32)15-12-25(13-16-42)34-4-3-5-38(46-34)53-23-27-6-8-28(43)19-33(27)44/h3-11,18-20,24-25,30,32H,12-17,21-23H2,1-2H3,(H,45,51)(H,48,49). The summed E-state index contributed by atoms with van der Waals surface area (Å²) >= 11 is 5.90. The second-order valence-corrected chi connectivity index (χ2v) is 15.8. The van der Waals surface area contributed by atoms with Crippen LogP contribution in [0.1, 0.15) is 103 Å². The van der Waals surface area contributed by atoms with Gasteiger partial charge in [0.2, 0.25) is 5.88 Å². The Labute approximate surface area is 312 Å². The number of aromatic nitrogens is 5. The van der Waals surface area contributed by atoms with Gasteiger partial charge in [-0.05, 0) is 104 Å². The molecule has 3 aromatic heterocycles. The van der Waals surface area contributed by atoms with Crippen LogP contribution < -0.4 is 10.1 Å². The molecule has 2 unspecified atom stereocenters. The molecule has 1 aliphatic heterocycles. The smallest absolute Gasteiger partial charge is 0.255 e. The van der Waals surface area contributed by atoms with Crippen molar-refractivity contribution in [1.82, 2.24) is 24.7 Å². The first-order valence-electron chi connectivity index (χ1n) is 18.7. The van der Waals surface area contributed by atoms with Crippen LogP contribution >= 0.6 is 11.6 Å². The Morgan fingerprint density at radius 1 is 1.06 bits per heavy atom. The number of ether oxygens (including phenoxy) is 2. The Balaban J connectivity index is 0.899. The van der Waals surface area contributed by atoms with Crippen molar-refractivity contribution in [2.45, 2.75) is 89.4 Å². The Bertz CT molecular complexity index is 2340. The molecule has 2 aliphatic carbocycles. The molecule has 272 valence electrons. The predicted molar refractivity (Wildman–Crippen MR) is 203 cm³/mol. The summed E-state index contributed by atoms with van der Waals surface area (Å²) in [7, 11) is 0. The molecule has 11 heteroatoms. The zero-order chi connectivity index (χ0) is 36.3. The summed E-state index contributed by atoms with van der Waals surface area (Å²) in [5.41, 5.74) is 6.85. The SMILES string of the molecule is CC(C)c1[nH]nc2ccc(C(=O)Nc3ccc4c(c3)nc(C3CC35CCC(c3cccc(OCc6ccc(Cl)cc6F)n3)CC5)n4CC3CCO3)cc12. The number of imidazole rings is 1. The van der Waals surface area contributed by atoms with Crippen LogP contribution in [0.2, 0.25) is 5.02 Å². The number of carbonyl (C=O) groups excluding carboxylic acids is 1. The Morgan fingerprint density at radius 2 is 1.91 bits per heavy atom. The fraction of sp³-hybridized carbons (Fsp3) is 0.381. The lowest BCUT2D eigenvalue weighted by molar-refractivity contribution is -0.0590. The van der Waals surface area contributed by atoms with Crippen molar-refractivity contribution >= 4 is 45.1 Å². The van der Waals surface area contributed by atoms with Crippen molar-refractivity contribution in [2.75, 3.05) is 11.9 Å². The van der Waals surface area contributed by atoms with E-state index in [0.29, 0.717) is 33.9 Å². The number of carbonyl (C=O) groups is 1. The Hall–Kier alpha value is -4.80. The van der Waals surface area contributed by atoms with Crippen LogP contribution in [0, 0.1) is 11.2 Å². The number of anilines is 1. The topological polar surface area (TPSA) is 107 Å². The van der Waals surface area contributed by atoms with Crippen molar-refractivity contribution < 1.29 is 18.7 Å². The maximum absolute atomic E-state index is 14.3. The molecule has 2 N–H and O–H groups in total. The highest BCUT2D eigenvalue weighted by molar-refractivity contribution is 6.30. The lowest BCUT2D eigenvalue weighted by Crippen LogP contribution is -2.31. The number of benzene rings is 3. The summed E-state index contributed by atoms with van der Waals surface area (Å²) < 4.78 is 28.5. The number of nitrogens with one attached hydrogen (secondary N) is 2. The highest BCUT2D eigenvalue weighted by Gasteiger charge is 2.57. The number of halogens is 2. The number of pyridine rings is 1. The minimum atomic E-state index is -0.383. The molecule has 1 spiro atoms. The van der Waals surface area contributed by atoms with Crippen LogP contribution in [0.25, 0.3) is 21.9 Å². The van der Waals surface area contributed by atoms with Crippen LogP contribution in [0.15, 0.2) is 72.8 Å². The van der Waals surface area contributed by atoms with E-state index in [0.717, 1.165) is 96.5 Å². The molecule has 0 radical (unpaired) electrons. The van der Waals surface area contributed by atoms with Crippen molar-refractivity contribution in [3.8, 4) is 5.88 Å². The fourth-order valence-electron chi connectivity index (χ4n) is 8.41. The number of fused-ring (bicyclic) bond motifs is 2. The van der Waals surface area contributed by atoms with Gasteiger partial charge in [-0.2, -0.15) is 5.10 Å². The van der Waals surface area contributed by atoms with Crippen LogP contribution in [0.5, 0.6) is 5.88 Å². The maximum Gasteiger partial charge on any atom is 0.255 e. The molecule has 53 heavy (non-hydrogen) atoms. The van der Waals surface area contributed by atoms with Crippen molar-refractivity contribution in [1.29, 1.82) is 0 Å². The summed E-state index contributed by atoms with van der Waals surface area (Å²) in [5.74, 6) is 2.08. The third-order valence-electron chi connectivity index (χ3n) is 11.7. The lowest BCUT2D eigenvalue weighted by atomic mass is 9.77.